The summed E-state index contributed by atoms with van der Waals surface area (Å²) in [5.41, 5.74) is 1.36. The van der Waals surface area contributed by atoms with Crippen molar-refractivity contribution in [3.63, 3.8) is 0 Å². The molecule has 1 amide bonds. The van der Waals surface area contributed by atoms with Crippen molar-refractivity contribution in [1.29, 1.82) is 0 Å². The van der Waals surface area contributed by atoms with Crippen molar-refractivity contribution in [1.82, 2.24) is 9.88 Å². The Morgan fingerprint density at radius 2 is 1.93 bits per heavy atom. The van der Waals surface area contributed by atoms with Crippen LogP contribution in [0.4, 0.5) is 4.39 Å². The van der Waals surface area contributed by atoms with E-state index < -0.39 is 23.5 Å². The molecule has 1 aromatic heterocycles. The number of likely N-dealkylation sites (tertiary alicyclic amines) is 1. The number of ketones is 1. The molecule has 1 saturated heterocycles. The predicted molar refractivity (Wildman–Crippen MR) is 106 cm³/mol. The number of aryl methyl sites for hydroxylation is 1. The van der Waals surface area contributed by atoms with Crippen molar-refractivity contribution >= 4 is 17.7 Å². The molecule has 0 bridgehead atoms. The van der Waals surface area contributed by atoms with E-state index in [-0.39, 0.29) is 23.4 Å². The highest BCUT2D eigenvalue weighted by atomic mass is 19.1. The lowest BCUT2D eigenvalue weighted by atomic mass is 9.97. The molecule has 6 nitrogen and oxygen atoms in total. The molecule has 154 valence electrons. The number of rotatable bonds is 5. The van der Waals surface area contributed by atoms with Gasteiger partial charge in [-0.05, 0) is 50.3 Å². The Morgan fingerprint density at radius 1 is 1.24 bits per heavy atom. The van der Waals surface area contributed by atoms with E-state index in [1.54, 1.807) is 18.7 Å². The van der Waals surface area contributed by atoms with Gasteiger partial charge in [0.15, 0.2) is 0 Å². The van der Waals surface area contributed by atoms with Crippen LogP contribution in [0.3, 0.4) is 0 Å². The highest BCUT2D eigenvalue weighted by Crippen LogP contribution is 2.32. The van der Waals surface area contributed by atoms with E-state index in [4.69, 9.17) is 4.74 Å². The molecule has 0 aliphatic carbocycles. The lowest BCUT2D eigenvalue weighted by Gasteiger charge is -2.30. The van der Waals surface area contributed by atoms with E-state index in [0.717, 1.165) is 12.8 Å². The van der Waals surface area contributed by atoms with Gasteiger partial charge in [0.25, 0.3) is 11.7 Å². The standard InChI is InChI=1S/C22H25FN2O4/c1-4-29-22(28)17-14(3)24-19(18(17)15-7-9-16(23)10-8-15)20(26)21(27)25-11-5-6-13(2)12-25/h7-10,13,24H,4-6,11-12H2,1-3H3/t13-/m1/s1. The average molecular weight is 400 g/mol. The monoisotopic (exact) mass is 400 g/mol. The number of hydrogen-bond donors (Lipinski definition) is 1. The summed E-state index contributed by atoms with van der Waals surface area (Å²) in [4.78, 5) is 43.0. The zero-order valence-electron chi connectivity index (χ0n) is 16.9. The zero-order valence-corrected chi connectivity index (χ0v) is 16.9. The molecule has 2 aromatic rings. The number of benzene rings is 1. The van der Waals surface area contributed by atoms with Crippen molar-refractivity contribution in [2.24, 2.45) is 5.92 Å². The summed E-state index contributed by atoms with van der Waals surface area (Å²) < 4.78 is 18.6. The summed E-state index contributed by atoms with van der Waals surface area (Å²) in [5.74, 6) is -2.02. The zero-order chi connectivity index (χ0) is 21.1. The molecule has 2 heterocycles. The minimum absolute atomic E-state index is 0.0281. The van der Waals surface area contributed by atoms with Crippen LogP contribution in [0.15, 0.2) is 24.3 Å². The summed E-state index contributed by atoms with van der Waals surface area (Å²) in [5, 5.41) is 0. The number of aromatic amines is 1. The number of nitrogens with one attached hydrogen (secondary N) is 1. The van der Waals surface area contributed by atoms with Gasteiger partial charge in [-0.25, -0.2) is 9.18 Å². The maximum Gasteiger partial charge on any atom is 0.340 e. The molecule has 0 unspecified atom stereocenters. The normalized spacial score (nSPS) is 16.6. The Morgan fingerprint density at radius 3 is 2.55 bits per heavy atom. The van der Waals surface area contributed by atoms with Gasteiger partial charge < -0.3 is 14.6 Å². The molecule has 1 aliphatic rings. The van der Waals surface area contributed by atoms with Crippen LogP contribution >= 0.6 is 0 Å². The van der Waals surface area contributed by atoms with Crippen molar-refractivity contribution in [2.75, 3.05) is 19.7 Å². The van der Waals surface area contributed by atoms with Crippen LogP contribution in [0.1, 0.15) is 53.2 Å². The van der Waals surface area contributed by atoms with Crippen LogP contribution in [0, 0.1) is 18.7 Å². The van der Waals surface area contributed by atoms with Crippen LogP contribution in [0.25, 0.3) is 11.1 Å². The number of esters is 1. The quantitative estimate of drug-likeness (QED) is 0.471. The van der Waals surface area contributed by atoms with Gasteiger partial charge in [0.1, 0.15) is 11.5 Å². The van der Waals surface area contributed by atoms with Crippen molar-refractivity contribution in [3.8, 4) is 11.1 Å². The van der Waals surface area contributed by atoms with Crippen LogP contribution in [-0.2, 0) is 9.53 Å². The molecule has 7 heteroatoms. The van der Waals surface area contributed by atoms with E-state index in [0.29, 0.717) is 30.3 Å². The summed E-state index contributed by atoms with van der Waals surface area (Å²) in [6, 6.07) is 5.44. The molecule has 1 aromatic carbocycles. The number of hydrogen-bond acceptors (Lipinski definition) is 4. The predicted octanol–water partition coefficient (Wildman–Crippen LogP) is 3.75. The van der Waals surface area contributed by atoms with E-state index in [1.807, 2.05) is 6.92 Å². The highest BCUT2D eigenvalue weighted by Gasteiger charge is 2.33. The summed E-state index contributed by atoms with van der Waals surface area (Å²) in [6.07, 6.45) is 1.87. The third kappa shape index (κ3) is 4.23. The smallest absolute Gasteiger partial charge is 0.340 e. The van der Waals surface area contributed by atoms with Gasteiger partial charge in [-0.2, -0.15) is 0 Å². The molecule has 1 atom stereocenters. The lowest BCUT2D eigenvalue weighted by molar-refractivity contribution is -0.128. The lowest BCUT2D eigenvalue weighted by Crippen LogP contribution is -2.43. The number of carbonyl (C=O) groups excluding carboxylic acids is 3. The number of carbonyl (C=O) groups is 3. The summed E-state index contributed by atoms with van der Waals surface area (Å²) in [6.45, 7) is 6.60. The van der Waals surface area contributed by atoms with E-state index in [9.17, 15) is 18.8 Å². The first-order valence-electron chi connectivity index (χ1n) is 9.82. The molecule has 0 saturated carbocycles. The highest BCUT2D eigenvalue weighted by molar-refractivity contribution is 6.43. The molecule has 1 N–H and O–H groups in total. The number of piperidine rings is 1. The second-order valence-corrected chi connectivity index (χ2v) is 7.43. The Balaban J connectivity index is 2.07. The second kappa shape index (κ2) is 8.59. The van der Waals surface area contributed by atoms with Crippen LogP contribution < -0.4 is 0 Å². The maximum absolute atomic E-state index is 13.4. The first-order chi connectivity index (χ1) is 13.8. The summed E-state index contributed by atoms with van der Waals surface area (Å²) in [7, 11) is 0. The van der Waals surface area contributed by atoms with Crippen LogP contribution in [0.2, 0.25) is 0 Å². The SMILES string of the molecule is CCOC(=O)c1c(C)[nH]c(C(=O)C(=O)N2CCC[C@@H](C)C2)c1-c1ccc(F)cc1. The number of amides is 1. The second-order valence-electron chi connectivity index (χ2n) is 7.43. The van der Waals surface area contributed by atoms with Gasteiger partial charge in [0.2, 0.25) is 0 Å². The first-order valence-corrected chi connectivity index (χ1v) is 9.82. The maximum atomic E-state index is 13.4. The minimum atomic E-state index is -0.711. The minimum Gasteiger partial charge on any atom is -0.462 e. The van der Waals surface area contributed by atoms with Crippen molar-refractivity contribution in [2.45, 2.75) is 33.6 Å². The van der Waals surface area contributed by atoms with Gasteiger partial charge in [0, 0.05) is 24.3 Å². The Kier molecular flexibility index (Phi) is 6.15. The van der Waals surface area contributed by atoms with Gasteiger partial charge in [-0.15, -0.1) is 0 Å². The third-order valence-electron chi connectivity index (χ3n) is 5.17. The Labute approximate surface area is 169 Å². The van der Waals surface area contributed by atoms with Gasteiger partial charge in [-0.1, -0.05) is 19.1 Å². The summed E-state index contributed by atoms with van der Waals surface area (Å²) >= 11 is 0. The van der Waals surface area contributed by atoms with Gasteiger partial charge in [0.05, 0.1) is 12.2 Å². The number of H-pyrrole nitrogens is 1. The topological polar surface area (TPSA) is 79.5 Å². The molecular formula is C22H25FN2O4. The van der Waals surface area contributed by atoms with Crippen molar-refractivity contribution in [3.05, 3.63) is 47.0 Å². The molecule has 1 fully saturated rings. The largest absolute Gasteiger partial charge is 0.462 e. The molecule has 0 spiro atoms. The van der Waals surface area contributed by atoms with Crippen molar-refractivity contribution < 1.29 is 23.5 Å². The number of aromatic nitrogens is 1. The molecule has 1 aliphatic heterocycles. The van der Waals surface area contributed by atoms with E-state index >= 15 is 0 Å². The fourth-order valence-corrected chi connectivity index (χ4v) is 3.78. The van der Waals surface area contributed by atoms with Gasteiger partial charge in [-0.3, -0.25) is 9.59 Å². The fourth-order valence-electron chi connectivity index (χ4n) is 3.78. The van der Waals surface area contributed by atoms with Crippen LogP contribution in [-0.4, -0.2) is 47.2 Å². The van der Waals surface area contributed by atoms with E-state index in [2.05, 4.69) is 4.98 Å². The average Bonchev–Trinajstić information content (AvgIpc) is 3.04. The third-order valence-corrected chi connectivity index (χ3v) is 5.17. The molecule has 0 radical (unpaired) electrons. The number of nitrogens with zero attached hydrogens (tertiary/aromatic N) is 1. The fraction of sp³-hybridized carbons (Fsp3) is 0.409. The first kappa shape index (κ1) is 20.8. The number of halogens is 1. The van der Waals surface area contributed by atoms with Crippen LogP contribution in [0.5, 0.6) is 0 Å². The molecule has 3 rings (SSSR count). The number of Topliss-reactive ketones (excluding diaryl/α,β-unsaturated/α-hetero) is 1. The molecular weight excluding hydrogens is 375 g/mol. The Hall–Kier alpha value is -2.96. The molecule has 29 heavy (non-hydrogen) atoms. The Bertz CT molecular complexity index is 933. The number of ether oxygens (including phenoxy) is 1. The van der Waals surface area contributed by atoms with E-state index in [1.165, 1.54) is 24.3 Å². The van der Waals surface area contributed by atoms with Gasteiger partial charge >= 0.3 is 5.97 Å².